The molecule has 0 aliphatic carbocycles. The molecule has 6 heteroatoms. The molecule has 0 radical (unpaired) electrons. The summed E-state index contributed by atoms with van der Waals surface area (Å²) >= 11 is 0. The van der Waals surface area contributed by atoms with Crippen molar-refractivity contribution in [3.05, 3.63) is 47.5 Å². The van der Waals surface area contributed by atoms with Crippen LogP contribution >= 0.6 is 0 Å². The number of benzene rings is 2. The lowest BCUT2D eigenvalue weighted by Crippen LogP contribution is -2.06. The average Bonchev–Trinajstić information content (AvgIpc) is 2.70. The van der Waals surface area contributed by atoms with Crippen LogP contribution in [0.3, 0.4) is 0 Å². The Morgan fingerprint density at radius 2 is 1.38 bits per heavy atom. The van der Waals surface area contributed by atoms with Crippen LogP contribution in [-0.2, 0) is 0 Å². The van der Waals surface area contributed by atoms with E-state index in [1.165, 1.54) is 34.5 Å². The van der Waals surface area contributed by atoms with Crippen molar-refractivity contribution in [2.45, 2.75) is 0 Å². The molecule has 0 spiro atoms. The second-order valence-electron chi connectivity index (χ2n) is 5.16. The van der Waals surface area contributed by atoms with Crippen molar-refractivity contribution in [3.63, 3.8) is 0 Å². The van der Waals surface area contributed by atoms with E-state index >= 15 is 0 Å². The molecule has 26 heavy (non-hydrogen) atoms. The third-order valence-electron chi connectivity index (χ3n) is 3.81. The average molecular weight is 358 g/mol. The van der Waals surface area contributed by atoms with E-state index in [-0.39, 0.29) is 17.1 Å². The monoisotopic (exact) mass is 358 g/mol. The molecular weight excluding hydrogens is 336 g/mol. The molecule has 2 aromatic carbocycles. The molecule has 0 aromatic heterocycles. The molecular formula is C20H22O6. The van der Waals surface area contributed by atoms with Gasteiger partial charge in [-0.05, 0) is 18.2 Å². The summed E-state index contributed by atoms with van der Waals surface area (Å²) in [5.74, 6) is 1.68. The fraction of sp³-hybridized carbons (Fsp3) is 0.250. The highest BCUT2D eigenvalue weighted by molar-refractivity contribution is 6.11. The first-order valence-electron chi connectivity index (χ1n) is 7.83. The summed E-state index contributed by atoms with van der Waals surface area (Å²) in [5, 5.41) is 0. The molecule has 0 unspecified atom stereocenters. The van der Waals surface area contributed by atoms with Crippen molar-refractivity contribution in [1.29, 1.82) is 0 Å². The minimum atomic E-state index is -0.300. The number of carbonyl (C=O) groups is 1. The lowest BCUT2D eigenvalue weighted by atomic mass is 10.0. The van der Waals surface area contributed by atoms with Crippen molar-refractivity contribution in [2.75, 3.05) is 35.5 Å². The van der Waals surface area contributed by atoms with E-state index in [1.807, 2.05) is 24.3 Å². The minimum Gasteiger partial charge on any atom is -0.496 e. The normalized spacial score (nSPS) is 10.5. The molecule has 138 valence electrons. The maximum Gasteiger partial charge on any atom is 0.204 e. The highest BCUT2D eigenvalue weighted by Gasteiger charge is 2.25. The fourth-order valence-electron chi connectivity index (χ4n) is 2.58. The molecule has 0 bridgehead atoms. The Morgan fingerprint density at radius 1 is 0.769 bits per heavy atom. The van der Waals surface area contributed by atoms with Crippen LogP contribution in [0.4, 0.5) is 0 Å². The van der Waals surface area contributed by atoms with Gasteiger partial charge in [0, 0.05) is 11.6 Å². The number of carbonyl (C=O) groups excluding carboxylic acids is 1. The summed E-state index contributed by atoms with van der Waals surface area (Å²) in [7, 11) is 7.49. The number of allylic oxidation sites excluding steroid dienone is 1. The van der Waals surface area contributed by atoms with E-state index in [1.54, 1.807) is 19.3 Å². The van der Waals surface area contributed by atoms with Crippen LogP contribution in [0.2, 0.25) is 0 Å². The van der Waals surface area contributed by atoms with Gasteiger partial charge in [-0.25, -0.2) is 0 Å². The quantitative estimate of drug-likeness (QED) is 0.530. The van der Waals surface area contributed by atoms with E-state index in [0.29, 0.717) is 23.0 Å². The Kier molecular flexibility index (Phi) is 6.49. The predicted octanol–water partition coefficient (Wildman–Crippen LogP) is 3.63. The van der Waals surface area contributed by atoms with E-state index in [4.69, 9.17) is 23.7 Å². The maximum atomic E-state index is 12.9. The number of rotatable bonds is 8. The molecule has 0 aliphatic heterocycles. The van der Waals surface area contributed by atoms with Crippen molar-refractivity contribution in [3.8, 4) is 28.7 Å². The van der Waals surface area contributed by atoms with Gasteiger partial charge in [0.1, 0.15) is 17.1 Å². The fourth-order valence-corrected chi connectivity index (χ4v) is 2.58. The third kappa shape index (κ3) is 3.74. The Balaban J connectivity index is 2.52. The van der Waals surface area contributed by atoms with E-state index < -0.39 is 0 Å². The van der Waals surface area contributed by atoms with Crippen LogP contribution in [0.1, 0.15) is 15.9 Å². The van der Waals surface area contributed by atoms with Gasteiger partial charge >= 0.3 is 0 Å². The molecule has 0 amide bonds. The van der Waals surface area contributed by atoms with Crippen LogP contribution in [0.5, 0.6) is 28.7 Å². The summed E-state index contributed by atoms with van der Waals surface area (Å²) in [6.07, 6.45) is 3.11. The standard InChI is InChI=1S/C20H22O6/c1-22-15-9-7-6-8-13(15)10-11-14(21)18-16(23-2)12-17(24-3)19(25-4)20(18)26-5/h6-12H,1-5H3/b11-10+. The van der Waals surface area contributed by atoms with Gasteiger partial charge < -0.3 is 23.7 Å². The number of para-hydroxylation sites is 1. The van der Waals surface area contributed by atoms with Gasteiger partial charge in [-0.15, -0.1) is 0 Å². The lowest BCUT2D eigenvalue weighted by molar-refractivity contribution is 0.104. The smallest absolute Gasteiger partial charge is 0.204 e. The van der Waals surface area contributed by atoms with Crippen LogP contribution in [-0.4, -0.2) is 41.3 Å². The van der Waals surface area contributed by atoms with Gasteiger partial charge in [0.05, 0.1) is 35.5 Å². The molecule has 0 aliphatic rings. The second kappa shape index (κ2) is 8.80. The van der Waals surface area contributed by atoms with Crippen molar-refractivity contribution >= 4 is 11.9 Å². The molecule has 0 N–H and O–H groups in total. The Bertz CT molecular complexity index is 810. The molecule has 2 aromatic rings. The molecule has 0 saturated carbocycles. The largest absolute Gasteiger partial charge is 0.496 e. The summed E-state index contributed by atoms with van der Waals surface area (Å²) in [5.41, 5.74) is 1.03. The highest BCUT2D eigenvalue weighted by Crippen LogP contribution is 2.45. The molecule has 0 fully saturated rings. The Hall–Kier alpha value is -3.15. The van der Waals surface area contributed by atoms with Gasteiger partial charge in [0.15, 0.2) is 17.3 Å². The van der Waals surface area contributed by atoms with Gasteiger partial charge in [-0.2, -0.15) is 0 Å². The van der Waals surface area contributed by atoms with Crippen molar-refractivity contribution in [2.24, 2.45) is 0 Å². The molecule has 2 rings (SSSR count). The van der Waals surface area contributed by atoms with Crippen LogP contribution in [0, 0.1) is 0 Å². The first-order valence-corrected chi connectivity index (χ1v) is 7.83. The zero-order chi connectivity index (χ0) is 19.1. The first-order chi connectivity index (χ1) is 12.6. The number of methoxy groups -OCH3 is 5. The van der Waals surface area contributed by atoms with Crippen molar-refractivity contribution in [1.82, 2.24) is 0 Å². The zero-order valence-corrected chi connectivity index (χ0v) is 15.5. The topological polar surface area (TPSA) is 63.2 Å². The van der Waals surface area contributed by atoms with Crippen molar-refractivity contribution < 1.29 is 28.5 Å². The second-order valence-corrected chi connectivity index (χ2v) is 5.16. The minimum absolute atomic E-state index is 0.248. The predicted molar refractivity (Wildman–Crippen MR) is 99.0 cm³/mol. The molecule has 0 heterocycles. The Morgan fingerprint density at radius 3 is 1.96 bits per heavy atom. The van der Waals surface area contributed by atoms with E-state index in [9.17, 15) is 4.79 Å². The summed E-state index contributed by atoms with van der Waals surface area (Å²) in [6.45, 7) is 0. The lowest BCUT2D eigenvalue weighted by Gasteiger charge is -2.17. The SMILES string of the molecule is COc1ccccc1/C=C/C(=O)c1c(OC)cc(OC)c(OC)c1OC. The van der Waals surface area contributed by atoms with Gasteiger partial charge in [0.25, 0.3) is 0 Å². The Labute approximate surface area is 152 Å². The van der Waals surface area contributed by atoms with Crippen LogP contribution in [0.25, 0.3) is 6.08 Å². The summed E-state index contributed by atoms with van der Waals surface area (Å²) < 4.78 is 26.7. The zero-order valence-electron chi connectivity index (χ0n) is 15.5. The van der Waals surface area contributed by atoms with E-state index in [2.05, 4.69) is 0 Å². The van der Waals surface area contributed by atoms with Crippen LogP contribution < -0.4 is 23.7 Å². The van der Waals surface area contributed by atoms with E-state index in [0.717, 1.165) is 5.56 Å². The van der Waals surface area contributed by atoms with Gasteiger partial charge in [-0.1, -0.05) is 18.2 Å². The third-order valence-corrected chi connectivity index (χ3v) is 3.81. The molecule has 0 saturated heterocycles. The highest BCUT2D eigenvalue weighted by atomic mass is 16.5. The summed E-state index contributed by atoms with van der Waals surface area (Å²) in [4.78, 5) is 12.9. The summed E-state index contributed by atoms with van der Waals surface area (Å²) in [6, 6.07) is 8.99. The number of ether oxygens (including phenoxy) is 5. The molecule has 6 nitrogen and oxygen atoms in total. The molecule has 0 atom stereocenters. The number of hydrogen-bond donors (Lipinski definition) is 0. The number of ketones is 1. The maximum absolute atomic E-state index is 12.9. The van der Waals surface area contributed by atoms with Crippen LogP contribution in [0.15, 0.2) is 36.4 Å². The van der Waals surface area contributed by atoms with Gasteiger partial charge in [0.2, 0.25) is 5.75 Å². The first kappa shape index (κ1) is 19.2. The van der Waals surface area contributed by atoms with Gasteiger partial charge in [-0.3, -0.25) is 4.79 Å². The number of hydrogen-bond acceptors (Lipinski definition) is 6.